The van der Waals surface area contributed by atoms with E-state index in [2.05, 4.69) is 26.3 Å². The standard InChI is InChI=1S/C10H9BrClN3S/c11-6-2-1-5-14-9(6)10(15-13)7-3-4-8(12)16-7/h1-5,10,15H,13H2. The van der Waals surface area contributed by atoms with Crippen molar-refractivity contribution in [3.05, 3.63) is 49.8 Å². The maximum Gasteiger partial charge on any atom is 0.0985 e. The van der Waals surface area contributed by atoms with Gasteiger partial charge in [-0.2, -0.15) is 0 Å². The number of aromatic nitrogens is 1. The summed E-state index contributed by atoms with van der Waals surface area (Å²) in [7, 11) is 0. The average Bonchev–Trinajstić information content (AvgIpc) is 2.69. The molecule has 3 nitrogen and oxygen atoms in total. The number of hydrogen-bond acceptors (Lipinski definition) is 4. The molecule has 2 aromatic heterocycles. The predicted octanol–water partition coefficient (Wildman–Crippen LogP) is 3.11. The highest BCUT2D eigenvalue weighted by molar-refractivity contribution is 9.10. The van der Waals surface area contributed by atoms with Crippen molar-refractivity contribution in [2.24, 2.45) is 5.84 Å². The molecule has 2 aromatic rings. The fourth-order valence-electron chi connectivity index (χ4n) is 1.39. The molecule has 6 heteroatoms. The SMILES string of the molecule is NNC(c1ccc(Cl)s1)c1ncccc1Br. The van der Waals surface area contributed by atoms with Crippen molar-refractivity contribution in [2.75, 3.05) is 0 Å². The zero-order valence-electron chi connectivity index (χ0n) is 8.15. The summed E-state index contributed by atoms with van der Waals surface area (Å²) in [5.41, 5.74) is 3.60. The highest BCUT2D eigenvalue weighted by atomic mass is 79.9. The Balaban J connectivity index is 2.40. The lowest BCUT2D eigenvalue weighted by atomic mass is 10.1. The summed E-state index contributed by atoms with van der Waals surface area (Å²) in [6, 6.07) is 7.44. The zero-order chi connectivity index (χ0) is 11.5. The van der Waals surface area contributed by atoms with E-state index in [-0.39, 0.29) is 6.04 Å². The van der Waals surface area contributed by atoms with Crippen LogP contribution in [0.5, 0.6) is 0 Å². The molecule has 2 rings (SSSR count). The van der Waals surface area contributed by atoms with Crippen LogP contribution in [-0.2, 0) is 0 Å². The largest absolute Gasteiger partial charge is 0.270 e. The van der Waals surface area contributed by atoms with Gasteiger partial charge in [0.1, 0.15) is 0 Å². The van der Waals surface area contributed by atoms with Crippen LogP contribution in [0.4, 0.5) is 0 Å². The van der Waals surface area contributed by atoms with Gasteiger partial charge in [-0.15, -0.1) is 11.3 Å². The fourth-order valence-corrected chi connectivity index (χ4v) is 3.00. The molecule has 0 aliphatic heterocycles. The van der Waals surface area contributed by atoms with E-state index in [9.17, 15) is 0 Å². The highest BCUT2D eigenvalue weighted by Crippen LogP contribution is 2.32. The lowest BCUT2D eigenvalue weighted by Crippen LogP contribution is -2.29. The molecule has 84 valence electrons. The molecule has 0 spiro atoms. The van der Waals surface area contributed by atoms with Crippen molar-refractivity contribution >= 4 is 38.9 Å². The minimum atomic E-state index is -0.145. The number of pyridine rings is 1. The minimum absolute atomic E-state index is 0.145. The lowest BCUT2D eigenvalue weighted by Gasteiger charge is -2.14. The summed E-state index contributed by atoms with van der Waals surface area (Å²) in [6.07, 6.45) is 1.74. The smallest absolute Gasteiger partial charge is 0.0985 e. The topological polar surface area (TPSA) is 50.9 Å². The Bertz CT molecular complexity index is 488. The van der Waals surface area contributed by atoms with Crippen molar-refractivity contribution in [1.29, 1.82) is 0 Å². The molecule has 0 saturated carbocycles. The van der Waals surface area contributed by atoms with Crippen molar-refractivity contribution in [2.45, 2.75) is 6.04 Å². The molecular weight excluding hydrogens is 310 g/mol. The van der Waals surface area contributed by atoms with Crippen LogP contribution in [-0.4, -0.2) is 4.98 Å². The summed E-state index contributed by atoms with van der Waals surface area (Å²) >= 11 is 10.8. The van der Waals surface area contributed by atoms with E-state index >= 15 is 0 Å². The summed E-state index contributed by atoms with van der Waals surface area (Å²) in [4.78, 5) is 5.34. The average molecular weight is 319 g/mol. The first-order valence-corrected chi connectivity index (χ1v) is 6.53. The number of hydrazine groups is 1. The summed E-state index contributed by atoms with van der Waals surface area (Å²) < 4.78 is 1.66. The third-order valence-corrected chi connectivity index (χ3v) is 4.07. The Labute approximate surface area is 111 Å². The van der Waals surface area contributed by atoms with Crippen molar-refractivity contribution in [1.82, 2.24) is 10.4 Å². The second kappa shape index (κ2) is 5.25. The molecule has 3 N–H and O–H groups in total. The summed E-state index contributed by atoms with van der Waals surface area (Å²) in [5, 5.41) is 0. The molecule has 0 aliphatic rings. The minimum Gasteiger partial charge on any atom is -0.270 e. The number of halogens is 2. The van der Waals surface area contributed by atoms with Crippen LogP contribution in [0.1, 0.15) is 16.6 Å². The van der Waals surface area contributed by atoms with Gasteiger partial charge in [0.05, 0.1) is 16.1 Å². The van der Waals surface area contributed by atoms with Gasteiger partial charge in [-0.25, -0.2) is 5.43 Å². The van der Waals surface area contributed by atoms with E-state index in [4.69, 9.17) is 17.4 Å². The van der Waals surface area contributed by atoms with Crippen LogP contribution in [0.15, 0.2) is 34.9 Å². The third-order valence-electron chi connectivity index (χ3n) is 2.11. The molecule has 0 aliphatic carbocycles. The van der Waals surface area contributed by atoms with Gasteiger partial charge in [-0.05, 0) is 40.2 Å². The summed E-state index contributed by atoms with van der Waals surface area (Å²) in [5.74, 6) is 5.57. The van der Waals surface area contributed by atoms with Crippen LogP contribution in [0.25, 0.3) is 0 Å². The molecule has 0 aromatic carbocycles. The molecule has 16 heavy (non-hydrogen) atoms. The summed E-state index contributed by atoms with van der Waals surface area (Å²) in [6.45, 7) is 0. The van der Waals surface area contributed by atoms with E-state index in [1.165, 1.54) is 11.3 Å². The molecule has 0 radical (unpaired) electrons. The van der Waals surface area contributed by atoms with E-state index < -0.39 is 0 Å². The number of nitrogens with one attached hydrogen (secondary N) is 1. The van der Waals surface area contributed by atoms with Crippen LogP contribution in [0.3, 0.4) is 0 Å². The van der Waals surface area contributed by atoms with Crippen molar-refractivity contribution < 1.29 is 0 Å². The van der Waals surface area contributed by atoms with Gasteiger partial charge in [0, 0.05) is 15.5 Å². The number of nitrogens with two attached hydrogens (primary N) is 1. The molecule has 0 bridgehead atoms. The Morgan fingerprint density at radius 3 is 2.81 bits per heavy atom. The molecule has 1 unspecified atom stereocenters. The van der Waals surface area contributed by atoms with Gasteiger partial charge in [0.25, 0.3) is 0 Å². The quantitative estimate of drug-likeness (QED) is 0.675. The highest BCUT2D eigenvalue weighted by Gasteiger charge is 2.18. The van der Waals surface area contributed by atoms with Crippen LogP contribution < -0.4 is 11.3 Å². The molecule has 0 saturated heterocycles. The number of rotatable bonds is 3. The first-order chi connectivity index (χ1) is 7.72. The van der Waals surface area contributed by atoms with Gasteiger partial charge in [-0.1, -0.05) is 11.6 Å². The van der Waals surface area contributed by atoms with Gasteiger partial charge >= 0.3 is 0 Å². The normalized spacial score (nSPS) is 12.7. The Hall–Kier alpha value is -0.460. The maximum atomic E-state index is 5.91. The number of nitrogens with zero attached hydrogens (tertiary/aromatic N) is 1. The first kappa shape index (κ1) is 12.0. The zero-order valence-corrected chi connectivity index (χ0v) is 11.3. The van der Waals surface area contributed by atoms with Gasteiger partial charge in [-0.3, -0.25) is 10.8 Å². The number of thiophene rings is 1. The van der Waals surface area contributed by atoms with Crippen LogP contribution in [0, 0.1) is 0 Å². The van der Waals surface area contributed by atoms with Crippen molar-refractivity contribution in [3.8, 4) is 0 Å². The monoisotopic (exact) mass is 317 g/mol. The Kier molecular flexibility index (Phi) is 3.94. The van der Waals surface area contributed by atoms with Crippen LogP contribution >= 0.6 is 38.9 Å². The lowest BCUT2D eigenvalue weighted by molar-refractivity contribution is 0.627. The van der Waals surface area contributed by atoms with Gasteiger partial charge in [0.2, 0.25) is 0 Å². The van der Waals surface area contributed by atoms with Crippen LogP contribution in [0.2, 0.25) is 4.34 Å². The number of hydrogen-bond donors (Lipinski definition) is 2. The molecule has 0 fully saturated rings. The second-order valence-corrected chi connectivity index (χ2v) is 5.71. The van der Waals surface area contributed by atoms with E-state index in [0.717, 1.165) is 19.4 Å². The fraction of sp³-hybridized carbons (Fsp3) is 0.100. The van der Waals surface area contributed by atoms with Gasteiger partial charge in [0.15, 0.2) is 0 Å². The molecule has 2 heterocycles. The maximum absolute atomic E-state index is 5.91. The molecule has 0 amide bonds. The van der Waals surface area contributed by atoms with Gasteiger partial charge < -0.3 is 0 Å². The van der Waals surface area contributed by atoms with Crippen molar-refractivity contribution in [3.63, 3.8) is 0 Å². The second-order valence-electron chi connectivity index (χ2n) is 3.11. The molecule has 1 atom stereocenters. The third kappa shape index (κ3) is 2.44. The van der Waals surface area contributed by atoms with E-state index in [1.54, 1.807) is 6.20 Å². The first-order valence-electron chi connectivity index (χ1n) is 4.54. The molecular formula is C10H9BrClN3S. The Morgan fingerprint density at radius 1 is 1.44 bits per heavy atom. The Morgan fingerprint density at radius 2 is 2.25 bits per heavy atom. The predicted molar refractivity (Wildman–Crippen MR) is 70.4 cm³/mol. The van der Waals surface area contributed by atoms with E-state index in [0.29, 0.717) is 0 Å². The van der Waals surface area contributed by atoms with E-state index in [1.807, 2.05) is 24.3 Å².